The molecule has 0 aliphatic rings. The van der Waals surface area contributed by atoms with Crippen LogP contribution in [0.3, 0.4) is 0 Å². The van der Waals surface area contributed by atoms with Crippen LogP contribution in [0.2, 0.25) is 0 Å². The van der Waals surface area contributed by atoms with Gasteiger partial charge in [0.05, 0.1) is 0 Å². The Balaban J connectivity index is 1.72. The molecule has 0 aliphatic heterocycles. The lowest BCUT2D eigenvalue weighted by Crippen LogP contribution is -2.12. The number of aryl methyl sites for hydroxylation is 2. The first-order valence-corrected chi connectivity index (χ1v) is 9.95. The van der Waals surface area contributed by atoms with Crippen LogP contribution >= 0.6 is 11.8 Å². The summed E-state index contributed by atoms with van der Waals surface area (Å²) < 4.78 is 0. The lowest BCUT2D eigenvalue weighted by molar-refractivity contribution is 0.0981. The summed E-state index contributed by atoms with van der Waals surface area (Å²) in [5, 5.41) is 0.268. The fraction of sp³-hybridized carbons (Fsp3) is 0.208. The zero-order chi connectivity index (χ0) is 18.2. The molecular formula is C24H24OS. The van der Waals surface area contributed by atoms with Gasteiger partial charge >= 0.3 is 0 Å². The van der Waals surface area contributed by atoms with Crippen molar-refractivity contribution in [3.05, 3.63) is 102 Å². The molecule has 0 unspecified atom stereocenters. The summed E-state index contributed by atoms with van der Waals surface area (Å²) in [5.41, 5.74) is 3.41. The molecule has 0 aliphatic carbocycles. The molecule has 0 N–H and O–H groups in total. The molecule has 0 spiro atoms. The first kappa shape index (κ1) is 18.5. The summed E-state index contributed by atoms with van der Waals surface area (Å²) in [4.78, 5) is 14.0. The van der Waals surface area contributed by atoms with Crippen LogP contribution in [-0.2, 0) is 6.42 Å². The molecule has 1 atom stereocenters. The van der Waals surface area contributed by atoms with Crippen LogP contribution in [-0.4, -0.2) is 11.0 Å². The lowest BCUT2D eigenvalue weighted by Gasteiger charge is -2.17. The maximum atomic E-state index is 12.7. The van der Waals surface area contributed by atoms with Crippen LogP contribution in [0.25, 0.3) is 0 Å². The number of carbonyl (C=O) groups excluding carboxylic acids is 1. The van der Waals surface area contributed by atoms with Crippen LogP contribution < -0.4 is 0 Å². The van der Waals surface area contributed by atoms with E-state index in [1.807, 2.05) is 48.2 Å². The third-order valence-corrected chi connectivity index (χ3v) is 5.94. The molecule has 0 amide bonds. The van der Waals surface area contributed by atoms with E-state index >= 15 is 0 Å². The fourth-order valence-electron chi connectivity index (χ4n) is 2.99. The second kappa shape index (κ2) is 9.40. The molecule has 1 nitrogen and oxygen atoms in total. The van der Waals surface area contributed by atoms with E-state index in [2.05, 4.69) is 55.5 Å². The summed E-state index contributed by atoms with van der Waals surface area (Å²) in [7, 11) is 0. The maximum absolute atomic E-state index is 12.7. The Hall–Kier alpha value is -2.32. The molecule has 3 aromatic rings. The molecule has 0 bridgehead atoms. The number of rotatable bonds is 8. The largest absolute Gasteiger partial charge is 0.294 e. The summed E-state index contributed by atoms with van der Waals surface area (Å²) in [6, 6.07) is 28.6. The van der Waals surface area contributed by atoms with E-state index in [1.165, 1.54) is 16.0 Å². The Bertz CT molecular complexity index is 827. The molecule has 3 rings (SSSR count). The van der Waals surface area contributed by atoms with E-state index in [0.29, 0.717) is 6.42 Å². The summed E-state index contributed by atoms with van der Waals surface area (Å²) in [6.45, 7) is 2.13. The number of carbonyl (C=O) groups is 1. The van der Waals surface area contributed by atoms with Crippen molar-refractivity contribution >= 4 is 17.5 Å². The quantitative estimate of drug-likeness (QED) is 0.343. The van der Waals surface area contributed by atoms with Gasteiger partial charge in [0, 0.05) is 22.1 Å². The van der Waals surface area contributed by atoms with Gasteiger partial charge in [-0.25, -0.2) is 0 Å². The van der Waals surface area contributed by atoms with E-state index in [-0.39, 0.29) is 11.0 Å². The number of hydrogen-bond acceptors (Lipinski definition) is 2. The molecular weight excluding hydrogens is 336 g/mol. The molecule has 0 heterocycles. The van der Waals surface area contributed by atoms with Gasteiger partial charge in [-0.3, -0.25) is 4.79 Å². The van der Waals surface area contributed by atoms with Crippen molar-refractivity contribution in [3.8, 4) is 0 Å². The minimum Gasteiger partial charge on any atom is -0.294 e. The Labute approximate surface area is 160 Å². The topological polar surface area (TPSA) is 17.1 Å². The predicted molar refractivity (Wildman–Crippen MR) is 111 cm³/mol. The average Bonchev–Trinajstić information content (AvgIpc) is 2.69. The summed E-state index contributed by atoms with van der Waals surface area (Å²) in [6.07, 6.45) is 2.55. The SMILES string of the molecule is Cc1ccccc1S[C@@H](CCc1ccccc1)CC(=O)c1ccccc1. The number of ketones is 1. The average molecular weight is 361 g/mol. The highest BCUT2D eigenvalue weighted by atomic mass is 32.2. The smallest absolute Gasteiger partial charge is 0.163 e. The van der Waals surface area contributed by atoms with Gasteiger partial charge in [-0.2, -0.15) is 0 Å². The number of thioether (sulfide) groups is 1. The molecule has 2 heteroatoms. The molecule has 0 fully saturated rings. The van der Waals surface area contributed by atoms with Crippen molar-refractivity contribution in [2.45, 2.75) is 36.3 Å². The second-order valence-corrected chi connectivity index (χ2v) is 7.87. The van der Waals surface area contributed by atoms with Gasteiger partial charge in [0.15, 0.2) is 5.78 Å². The van der Waals surface area contributed by atoms with Crippen molar-refractivity contribution in [3.63, 3.8) is 0 Å². The monoisotopic (exact) mass is 360 g/mol. The van der Waals surface area contributed by atoms with E-state index in [4.69, 9.17) is 0 Å². The van der Waals surface area contributed by atoms with Gasteiger partial charge in [-0.1, -0.05) is 78.9 Å². The van der Waals surface area contributed by atoms with Crippen LogP contribution in [0.5, 0.6) is 0 Å². The standard InChI is InChI=1S/C24H24OS/c1-19-10-8-9-15-24(19)26-22(17-16-20-11-4-2-5-12-20)18-23(25)21-13-6-3-7-14-21/h2-15,22H,16-18H2,1H3/t22-/m0/s1. The summed E-state index contributed by atoms with van der Waals surface area (Å²) >= 11 is 1.84. The molecule has 0 saturated heterocycles. The van der Waals surface area contributed by atoms with Crippen LogP contribution in [0.1, 0.15) is 34.3 Å². The minimum absolute atomic E-state index is 0.227. The normalized spacial score (nSPS) is 11.9. The first-order valence-electron chi connectivity index (χ1n) is 9.07. The molecule has 132 valence electrons. The second-order valence-electron chi connectivity index (χ2n) is 6.52. The van der Waals surface area contributed by atoms with Crippen LogP contribution in [0.15, 0.2) is 89.8 Å². The highest BCUT2D eigenvalue weighted by Gasteiger charge is 2.17. The van der Waals surface area contributed by atoms with E-state index in [1.54, 1.807) is 0 Å². The maximum Gasteiger partial charge on any atom is 0.163 e. The van der Waals surface area contributed by atoms with Crippen molar-refractivity contribution < 1.29 is 4.79 Å². The van der Waals surface area contributed by atoms with Gasteiger partial charge < -0.3 is 0 Å². The lowest BCUT2D eigenvalue weighted by atomic mass is 10.0. The number of Topliss-reactive ketones (excluding diaryl/α,β-unsaturated/α-hetero) is 1. The zero-order valence-electron chi connectivity index (χ0n) is 15.1. The van der Waals surface area contributed by atoms with Crippen LogP contribution in [0.4, 0.5) is 0 Å². The fourth-order valence-corrected chi connectivity index (χ4v) is 4.23. The van der Waals surface area contributed by atoms with Crippen molar-refractivity contribution in [1.29, 1.82) is 0 Å². The third kappa shape index (κ3) is 5.34. The van der Waals surface area contributed by atoms with Gasteiger partial charge in [-0.15, -0.1) is 11.8 Å². The van der Waals surface area contributed by atoms with Gasteiger partial charge in [0.2, 0.25) is 0 Å². The minimum atomic E-state index is 0.227. The number of hydrogen-bond donors (Lipinski definition) is 0. The van der Waals surface area contributed by atoms with Crippen molar-refractivity contribution in [2.24, 2.45) is 0 Å². The Kier molecular flexibility index (Phi) is 6.68. The van der Waals surface area contributed by atoms with E-state index in [0.717, 1.165) is 18.4 Å². The highest BCUT2D eigenvalue weighted by molar-refractivity contribution is 8.00. The molecule has 3 aromatic carbocycles. The molecule has 26 heavy (non-hydrogen) atoms. The zero-order valence-corrected chi connectivity index (χ0v) is 15.9. The Morgan fingerprint density at radius 3 is 2.15 bits per heavy atom. The van der Waals surface area contributed by atoms with Crippen LogP contribution in [0, 0.1) is 6.92 Å². The Morgan fingerprint density at radius 1 is 0.846 bits per heavy atom. The van der Waals surface area contributed by atoms with E-state index in [9.17, 15) is 4.79 Å². The summed E-state index contributed by atoms with van der Waals surface area (Å²) in [5.74, 6) is 0.227. The highest BCUT2D eigenvalue weighted by Crippen LogP contribution is 2.31. The third-order valence-electron chi connectivity index (χ3n) is 4.49. The van der Waals surface area contributed by atoms with Crippen molar-refractivity contribution in [1.82, 2.24) is 0 Å². The van der Waals surface area contributed by atoms with Crippen molar-refractivity contribution in [2.75, 3.05) is 0 Å². The van der Waals surface area contributed by atoms with Gasteiger partial charge in [0.1, 0.15) is 0 Å². The molecule has 0 radical (unpaired) electrons. The van der Waals surface area contributed by atoms with Gasteiger partial charge in [0.25, 0.3) is 0 Å². The first-order chi connectivity index (χ1) is 12.7. The number of benzene rings is 3. The Morgan fingerprint density at radius 2 is 1.46 bits per heavy atom. The molecule has 0 saturated carbocycles. The van der Waals surface area contributed by atoms with E-state index < -0.39 is 0 Å². The predicted octanol–water partition coefficient (Wildman–Crippen LogP) is 6.36. The molecule has 0 aromatic heterocycles. The van der Waals surface area contributed by atoms with Gasteiger partial charge in [-0.05, 0) is 37.0 Å².